The number of methoxy groups -OCH3 is 1. The number of rotatable bonds is 7. The number of nitrogens with zero attached hydrogens (tertiary/aromatic N) is 7. The van der Waals surface area contributed by atoms with E-state index in [1.807, 2.05) is 0 Å². The van der Waals surface area contributed by atoms with Crippen LogP contribution in [0.5, 0.6) is 6.01 Å². The van der Waals surface area contributed by atoms with Crippen LogP contribution in [-0.4, -0.2) is 103 Å². The van der Waals surface area contributed by atoms with Gasteiger partial charge in [0.1, 0.15) is 18.0 Å². The van der Waals surface area contributed by atoms with E-state index < -0.39 is 0 Å². The average Bonchev–Trinajstić information content (AvgIpc) is 3.38. The Balaban J connectivity index is 1.33. The number of piperazine rings is 1. The van der Waals surface area contributed by atoms with Crippen molar-refractivity contribution in [2.45, 2.75) is 62.8 Å². The molecule has 10 heteroatoms. The number of hydrogen-bond acceptors (Lipinski definition) is 9. The Kier molecular flexibility index (Phi) is 8.31. The molecule has 4 heterocycles. The number of amides is 1. The lowest BCUT2D eigenvalue weighted by molar-refractivity contribution is -0.128. The van der Waals surface area contributed by atoms with Crippen molar-refractivity contribution in [1.82, 2.24) is 19.8 Å². The molecule has 1 aromatic heterocycles. The second kappa shape index (κ2) is 12.3. The van der Waals surface area contributed by atoms with E-state index in [4.69, 9.17) is 19.4 Å². The molecule has 2 aromatic rings. The third-order valence-electron chi connectivity index (χ3n) is 9.32. The van der Waals surface area contributed by atoms with Crippen molar-refractivity contribution in [2.75, 3.05) is 63.2 Å². The zero-order valence-electron chi connectivity index (χ0n) is 24.7. The van der Waals surface area contributed by atoms with E-state index in [1.165, 1.54) is 17.3 Å². The molecule has 4 aliphatic rings. The molecule has 1 aliphatic carbocycles. The van der Waals surface area contributed by atoms with Gasteiger partial charge in [0.2, 0.25) is 5.91 Å². The molecule has 4 atom stereocenters. The number of likely N-dealkylation sites (tertiary alicyclic amines) is 1. The van der Waals surface area contributed by atoms with Crippen LogP contribution in [0.4, 0.5) is 11.5 Å². The van der Waals surface area contributed by atoms with Gasteiger partial charge in [-0.2, -0.15) is 15.2 Å². The van der Waals surface area contributed by atoms with Crippen molar-refractivity contribution >= 4 is 17.4 Å². The molecule has 0 N–H and O–H groups in total. The van der Waals surface area contributed by atoms with E-state index >= 15 is 0 Å². The summed E-state index contributed by atoms with van der Waals surface area (Å²) in [6.07, 6.45) is 6.38. The van der Waals surface area contributed by atoms with E-state index in [0.717, 1.165) is 68.8 Å². The molecule has 2 fully saturated rings. The fourth-order valence-corrected chi connectivity index (χ4v) is 7.21. The van der Waals surface area contributed by atoms with Gasteiger partial charge in [-0.15, -0.1) is 0 Å². The second-order valence-electron chi connectivity index (χ2n) is 11.9. The number of aryl methyl sites for hydroxylation is 1. The van der Waals surface area contributed by atoms with Crippen LogP contribution >= 0.6 is 0 Å². The van der Waals surface area contributed by atoms with Crippen LogP contribution in [-0.2, 0) is 28.8 Å². The maximum Gasteiger partial charge on any atom is 0.319 e. The third kappa shape index (κ3) is 5.55. The smallest absolute Gasteiger partial charge is 0.319 e. The summed E-state index contributed by atoms with van der Waals surface area (Å²) in [5.74, 6) is 0.741. The summed E-state index contributed by atoms with van der Waals surface area (Å²) in [4.78, 5) is 31.4. The number of ether oxygens (including phenoxy) is 2. The van der Waals surface area contributed by atoms with Gasteiger partial charge in [0.25, 0.3) is 0 Å². The lowest BCUT2D eigenvalue weighted by Crippen LogP contribution is -2.55. The maximum absolute atomic E-state index is 12.5. The van der Waals surface area contributed by atoms with Gasteiger partial charge >= 0.3 is 6.01 Å². The summed E-state index contributed by atoms with van der Waals surface area (Å²) in [5, 5.41) is 9.54. The summed E-state index contributed by atoms with van der Waals surface area (Å²) in [7, 11) is 3.79. The molecule has 0 bridgehead atoms. The van der Waals surface area contributed by atoms with Crippen LogP contribution in [0, 0.1) is 11.3 Å². The highest BCUT2D eigenvalue weighted by Crippen LogP contribution is 2.37. The first-order chi connectivity index (χ1) is 20.5. The van der Waals surface area contributed by atoms with Crippen LogP contribution in [0.15, 0.2) is 36.9 Å². The van der Waals surface area contributed by atoms with E-state index in [2.05, 4.69) is 58.7 Å². The number of anilines is 2. The SMILES string of the molecule is C=CC(=O)N1CCN(c2nc(O[C@@H]3CN(C)C[C@H]3OC)nc3c2CC[C@H](N2CCCc4ccccc42)C3)C[C@@H]1CC#N. The number of likely N-dealkylation sites (N-methyl/N-ethyl adjacent to an activating group) is 1. The van der Waals surface area contributed by atoms with Crippen LogP contribution in [0.25, 0.3) is 0 Å². The molecule has 0 unspecified atom stereocenters. The fraction of sp³-hybridized carbons (Fsp3) is 0.562. The van der Waals surface area contributed by atoms with Gasteiger partial charge in [0, 0.05) is 70.1 Å². The van der Waals surface area contributed by atoms with E-state index in [0.29, 0.717) is 31.7 Å². The van der Waals surface area contributed by atoms with Gasteiger partial charge in [0.05, 0.1) is 24.2 Å². The molecular formula is C32H41N7O3. The van der Waals surface area contributed by atoms with Gasteiger partial charge in [-0.25, -0.2) is 0 Å². The number of carbonyl (C=O) groups is 1. The van der Waals surface area contributed by atoms with Gasteiger partial charge < -0.3 is 24.2 Å². The van der Waals surface area contributed by atoms with E-state index in [9.17, 15) is 10.1 Å². The fourth-order valence-electron chi connectivity index (χ4n) is 7.21. The Morgan fingerprint density at radius 3 is 2.79 bits per heavy atom. The Bertz CT molecular complexity index is 1360. The number of para-hydroxylation sites is 1. The number of aromatic nitrogens is 2. The van der Waals surface area contributed by atoms with Crippen molar-refractivity contribution < 1.29 is 14.3 Å². The molecule has 2 saturated heterocycles. The molecule has 3 aliphatic heterocycles. The normalized spacial score (nSPS) is 25.9. The summed E-state index contributed by atoms with van der Waals surface area (Å²) in [6, 6.07) is 11.6. The Hall–Kier alpha value is -3.68. The molecule has 0 spiro atoms. The Morgan fingerprint density at radius 2 is 1.98 bits per heavy atom. The van der Waals surface area contributed by atoms with Gasteiger partial charge in [0.15, 0.2) is 0 Å². The highest BCUT2D eigenvalue weighted by Gasteiger charge is 2.37. The molecule has 1 amide bonds. The lowest BCUT2D eigenvalue weighted by Gasteiger charge is -2.43. The lowest BCUT2D eigenvalue weighted by atomic mass is 9.88. The first-order valence-corrected chi connectivity index (χ1v) is 15.2. The number of hydrogen-bond donors (Lipinski definition) is 0. The molecule has 10 nitrogen and oxygen atoms in total. The minimum Gasteiger partial charge on any atom is -0.456 e. The summed E-state index contributed by atoms with van der Waals surface area (Å²) in [5.41, 5.74) is 4.97. The highest BCUT2D eigenvalue weighted by atomic mass is 16.5. The zero-order chi connectivity index (χ0) is 29.2. The van der Waals surface area contributed by atoms with Gasteiger partial charge in [-0.3, -0.25) is 9.69 Å². The largest absolute Gasteiger partial charge is 0.456 e. The maximum atomic E-state index is 12.5. The van der Waals surface area contributed by atoms with Gasteiger partial charge in [-0.05, 0) is 50.4 Å². The third-order valence-corrected chi connectivity index (χ3v) is 9.32. The average molecular weight is 572 g/mol. The van der Waals surface area contributed by atoms with Crippen molar-refractivity contribution in [3.05, 3.63) is 53.7 Å². The molecule has 0 saturated carbocycles. The number of nitriles is 1. The summed E-state index contributed by atoms with van der Waals surface area (Å²) in [6.45, 7) is 7.93. The number of carbonyl (C=O) groups excluding carboxylic acids is 1. The Morgan fingerprint density at radius 1 is 1.14 bits per heavy atom. The molecule has 222 valence electrons. The molecular weight excluding hydrogens is 530 g/mol. The van der Waals surface area contributed by atoms with Gasteiger partial charge in [-0.1, -0.05) is 24.8 Å². The topological polar surface area (TPSA) is 98.1 Å². The minimum absolute atomic E-state index is 0.0517. The van der Waals surface area contributed by atoms with Crippen molar-refractivity contribution in [2.24, 2.45) is 0 Å². The highest BCUT2D eigenvalue weighted by molar-refractivity contribution is 5.87. The quantitative estimate of drug-likeness (QED) is 0.465. The standard InChI is InChI=1S/C32H41N7O3/c1-4-30(40)39-17-16-37(19-24(39)13-14-33)31-25-12-11-23(38-15-7-9-22-8-5-6-10-27(22)38)18-26(25)34-32(35-31)42-29-21-36(2)20-28(29)41-3/h4-6,8,10,23-24,28-29H,1,7,9,11-13,15-21H2,2-3H3/t23-,24-,28+,29+/m0/s1. The van der Waals surface area contributed by atoms with Crippen molar-refractivity contribution in [3.63, 3.8) is 0 Å². The van der Waals surface area contributed by atoms with Crippen molar-refractivity contribution in [3.8, 4) is 12.1 Å². The summed E-state index contributed by atoms with van der Waals surface area (Å²) >= 11 is 0. The zero-order valence-corrected chi connectivity index (χ0v) is 24.7. The minimum atomic E-state index is -0.230. The van der Waals surface area contributed by atoms with Crippen LogP contribution < -0.4 is 14.5 Å². The molecule has 42 heavy (non-hydrogen) atoms. The second-order valence-corrected chi connectivity index (χ2v) is 11.9. The number of benzene rings is 1. The molecule has 1 aromatic carbocycles. The first-order valence-electron chi connectivity index (χ1n) is 15.2. The first kappa shape index (κ1) is 28.4. The predicted molar refractivity (Wildman–Crippen MR) is 161 cm³/mol. The van der Waals surface area contributed by atoms with E-state index in [1.54, 1.807) is 12.0 Å². The van der Waals surface area contributed by atoms with E-state index in [-0.39, 0.29) is 30.6 Å². The number of fused-ring (bicyclic) bond motifs is 2. The van der Waals surface area contributed by atoms with Crippen molar-refractivity contribution in [1.29, 1.82) is 5.26 Å². The van der Waals surface area contributed by atoms with Crippen LogP contribution in [0.2, 0.25) is 0 Å². The summed E-state index contributed by atoms with van der Waals surface area (Å²) < 4.78 is 12.2. The monoisotopic (exact) mass is 571 g/mol. The molecule has 6 rings (SSSR count). The Labute approximate surface area is 248 Å². The molecule has 0 radical (unpaired) electrons. The van der Waals surface area contributed by atoms with Crippen LogP contribution in [0.1, 0.15) is 36.1 Å². The van der Waals surface area contributed by atoms with Crippen LogP contribution in [0.3, 0.4) is 0 Å². The predicted octanol–water partition coefficient (Wildman–Crippen LogP) is 2.61.